The van der Waals surface area contributed by atoms with Crippen LogP contribution >= 0.6 is 0 Å². The first-order chi connectivity index (χ1) is 10.5. The molecule has 0 unspecified atom stereocenters. The summed E-state index contributed by atoms with van der Waals surface area (Å²) in [7, 11) is 0. The van der Waals surface area contributed by atoms with Crippen LogP contribution in [0.3, 0.4) is 0 Å². The molecule has 0 atom stereocenters. The van der Waals surface area contributed by atoms with Crippen LogP contribution < -0.4 is 16.8 Å². The lowest BCUT2D eigenvalue weighted by Gasteiger charge is -2.35. The molecule has 0 spiro atoms. The highest BCUT2D eigenvalue weighted by Gasteiger charge is 2.32. The molecular weight excluding hydrogens is 278 g/mol. The summed E-state index contributed by atoms with van der Waals surface area (Å²) < 4.78 is 0. The van der Waals surface area contributed by atoms with Gasteiger partial charge in [-0.3, -0.25) is 9.59 Å². The van der Waals surface area contributed by atoms with E-state index >= 15 is 0 Å². The van der Waals surface area contributed by atoms with E-state index < -0.39 is 5.91 Å². The molecule has 22 heavy (non-hydrogen) atoms. The van der Waals surface area contributed by atoms with E-state index in [2.05, 4.69) is 5.32 Å². The van der Waals surface area contributed by atoms with Crippen molar-refractivity contribution in [2.75, 3.05) is 6.54 Å². The molecule has 1 fully saturated rings. The summed E-state index contributed by atoms with van der Waals surface area (Å²) in [6.07, 6.45) is 6.11. The van der Waals surface area contributed by atoms with Crippen molar-refractivity contribution in [2.45, 2.75) is 45.1 Å². The molecule has 1 aromatic carbocycles. The molecule has 2 amide bonds. The van der Waals surface area contributed by atoms with Gasteiger partial charge in [-0.2, -0.15) is 0 Å². The topological polar surface area (TPSA) is 98.2 Å². The SMILES string of the molecule is NCC1(CC(=O)NCc2cccc(C(N)=O)c2)CCCCC1. The van der Waals surface area contributed by atoms with E-state index in [1.807, 2.05) is 6.07 Å². The molecule has 1 aromatic rings. The minimum Gasteiger partial charge on any atom is -0.366 e. The third-order valence-corrected chi connectivity index (χ3v) is 4.58. The normalized spacial score (nSPS) is 17.0. The smallest absolute Gasteiger partial charge is 0.248 e. The standard InChI is InChI=1S/C17H25N3O2/c18-12-17(7-2-1-3-8-17)10-15(21)20-11-13-5-4-6-14(9-13)16(19)22/h4-6,9H,1-3,7-8,10-12,18H2,(H2,19,22)(H,20,21). The van der Waals surface area contributed by atoms with Gasteiger partial charge in [0.15, 0.2) is 0 Å². The molecule has 0 saturated heterocycles. The molecule has 1 aliphatic rings. The van der Waals surface area contributed by atoms with Crippen molar-refractivity contribution in [2.24, 2.45) is 16.9 Å². The summed E-state index contributed by atoms with van der Waals surface area (Å²) in [6.45, 7) is 0.970. The number of hydrogen-bond acceptors (Lipinski definition) is 3. The zero-order valence-corrected chi connectivity index (χ0v) is 12.9. The van der Waals surface area contributed by atoms with Crippen LogP contribution in [0.25, 0.3) is 0 Å². The van der Waals surface area contributed by atoms with Gasteiger partial charge in [0.2, 0.25) is 11.8 Å². The maximum atomic E-state index is 12.2. The first-order valence-corrected chi connectivity index (χ1v) is 7.90. The van der Waals surface area contributed by atoms with Gasteiger partial charge < -0.3 is 16.8 Å². The zero-order valence-electron chi connectivity index (χ0n) is 12.9. The Morgan fingerprint density at radius 2 is 1.91 bits per heavy atom. The van der Waals surface area contributed by atoms with Crippen LogP contribution in [0.1, 0.15) is 54.4 Å². The van der Waals surface area contributed by atoms with Crippen molar-refractivity contribution < 1.29 is 9.59 Å². The fraction of sp³-hybridized carbons (Fsp3) is 0.529. The van der Waals surface area contributed by atoms with E-state index in [0.717, 1.165) is 31.2 Å². The van der Waals surface area contributed by atoms with Crippen molar-refractivity contribution in [3.63, 3.8) is 0 Å². The van der Waals surface area contributed by atoms with Gasteiger partial charge in [-0.1, -0.05) is 31.4 Å². The lowest BCUT2D eigenvalue weighted by molar-refractivity contribution is -0.124. The quantitative estimate of drug-likeness (QED) is 0.746. The van der Waals surface area contributed by atoms with Crippen molar-refractivity contribution in [1.82, 2.24) is 5.32 Å². The summed E-state index contributed by atoms with van der Waals surface area (Å²) in [4.78, 5) is 23.4. The fourth-order valence-corrected chi connectivity index (χ4v) is 3.19. The van der Waals surface area contributed by atoms with Crippen LogP contribution in [0, 0.1) is 5.41 Å². The van der Waals surface area contributed by atoms with Crippen LogP contribution in [0.2, 0.25) is 0 Å². The predicted octanol–water partition coefficient (Wildman–Crippen LogP) is 1.70. The van der Waals surface area contributed by atoms with Crippen LogP contribution in [-0.2, 0) is 11.3 Å². The first kappa shape index (κ1) is 16.5. The second-order valence-electron chi connectivity index (χ2n) is 6.28. The zero-order chi connectivity index (χ0) is 16.0. The van der Waals surface area contributed by atoms with Gasteiger partial charge in [-0.15, -0.1) is 0 Å². The number of nitrogens with one attached hydrogen (secondary N) is 1. The van der Waals surface area contributed by atoms with E-state index in [4.69, 9.17) is 11.5 Å². The lowest BCUT2D eigenvalue weighted by atomic mass is 9.71. The third-order valence-electron chi connectivity index (χ3n) is 4.58. The Kier molecular flexibility index (Phi) is 5.55. The van der Waals surface area contributed by atoms with E-state index in [-0.39, 0.29) is 11.3 Å². The fourth-order valence-electron chi connectivity index (χ4n) is 3.19. The molecule has 5 nitrogen and oxygen atoms in total. The molecule has 120 valence electrons. The number of benzene rings is 1. The monoisotopic (exact) mass is 303 g/mol. The number of carbonyl (C=O) groups is 2. The summed E-state index contributed by atoms with van der Waals surface area (Å²) in [5, 5.41) is 2.92. The van der Waals surface area contributed by atoms with E-state index in [1.165, 1.54) is 6.42 Å². The number of carbonyl (C=O) groups excluding carboxylic acids is 2. The highest BCUT2D eigenvalue weighted by atomic mass is 16.2. The van der Waals surface area contributed by atoms with Gasteiger partial charge in [-0.05, 0) is 42.5 Å². The predicted molar refractivity (Wildman–Crippen MR) is 86.0 cm³/mol. The maximum absolute atomic E-state index is 12.2. The minimum atomic E-state index is -0.461. The van der Waals surface area contributed by atoms with Gasteiger partial charge in [0, 0.05) is 18.5 Å². The van der Waals surface area contributed by atoms with E-state index in [9.17, 15) is 9.59 Å². The Hall–Kier alpha value is -1.88. The number of primary amides is 1. The molecule has 5 heteroatoms. The average Bonchev–Trinajstić information content (AvgIpc) is 2.54. The van der Waals surface area contributed by atoms with Crippen LogP contribution in [0.5, 0.6) is 0 Å². The van der Waals surface area contributed by atoms with Crippen LogP contribution in [0.4, 0.5) is 0 Å². The Labute approximate surface area is 131 Å². The van der Waals surface area contributed by atoms with Gasteiger partial charge in [0.1, 0.15) is 0 Å². The van der Waals surface area contributed by atoms with Crippen molar-refractivity contribution in [3.05, 3.63) is 35.4 Å². The lowest BCUT2D eigenvalue weighted by Crippen LogP contribution is -2.38. The van der Waals surface area contributed by atoms with Gasteiger partial charge in [-0.25, -0.2) is 0 Å². The Morgan fingerprint density at radius 3 is 2.55 bits per heavy atom. The summed E-state index contributed by atoms with van der Waals surface area (Å²) in [5.74, 6) is -0.436. The highest BCUT2D eigenvalue weighted by Crippen LogP contribution is 2.38. The van der Waals surface area contributed by atoms with Crippen LogP contribution in [0.15, 0.2) is 24.3 Å². The Bertz CT molecular complexity index is 536. The number of hydrogen-bond donors (Lipinski definition) is 3. The largest absolute Gasteiger partial charge is 0.366 e. The minimum absolute atomic E-state index is 0.0248. The average molecular weight is 303 g/mol. The van der Waals surface area contributed by atoms with Crippen molar-refractivity contribution in [1.29, 1.82) is 0 Å². The highest BCUT2D eigenvalue weighted by molar-refractivity contribution is 5.92. The molecule has 1 saturated carbocycles. The van der Waals surface area contributed by atoms with Gasteiger partial charge in [0.05, 0.1) is 0 Å². The van der Waals surface area contributed by atoms with Gasteiger partial charge >= 0.3 is 0 Å². The molecule has 1 aliphatic carbocycles. The molecule has 0 aliphatic heterocycles. The molecule has 0 radical (unpaired) electrons. The molecular formula is C17H25N3O2. The molecule has 2 rings (SSSR count). The van der Waals surface area contributed by atoms with Gasteiger partial charge in [0.25, 0.3) is 0 Å². The second-order valence-corrected chi connectivity index (χ2v) is 6.28. The second kappa shape index (κ2) is 7.40. The number of nitrogens with two attached hydrogens (primary N) is 2. The molecule has 0 aromatic heterocycles. The molecule has 0 heterocycles. The number of rotatable bonds is 6. The Balaban J connectivity index is 1.89. The first-order valence-electron chi connectivity index (χ1n) is 7.90. The molecule has 0 bridgehead atoms. The summed E-state index contributed by atoms with van der Waals surface area (Å²) in [5.41, 5.74) is 12.5. The third kappa shape index (κ3) is 4.31. The van der Waals surface area contributed by atoms with E-state index in [1.54, 1.807) is 18.2 Å². The summed E-state index contributed by atoms with van der Waals surface area (Å²) in [6, 6.07) is 7.01. The number of amides is 2. The summed E-state index contributed by atoms with van der Waals surface area (Å²) >= 11 is 0. The van der Waals surface area contributed by atoms with Crippen molar-refractivity contribution in [3.8, 4) is 0 Å². The van der Waals surface area contributed by atoms with Crippen LogP contribution in [-0.4, -0.2) is 18.4 Å². The maximum Gasteiger partial charge on any atom is 0.248 e. The Morgan fingerprint density at radius 1 is 1.18 bits per heavy atom. The van der Waals surface area contributed by atoms with E-state index in [0.29, 0.717) is 25.1 Å². The molecule has 5 N–H and O–H groups in total. The van der Waals surface area contributed by atoms with Crippen molar-refractivity contribution >= 4 is 11.8 Å².